The molecule has 1 heterocycles. The highest BCUT2D eigenvalue weighted by atomic mass is 35.5. The van der Waals surface area contributed by atoms with Crippen LogP contribution in [0.15, 0.2) is 83.9 Å². The maximum Gasteiger partial charge on any atom is 0.243 e. The summed E-state index contributed by atoms with van der Waals surface area (Å²) in [5, 5.41) is 8.03. The zero-order chi connectivity index (χ0) is 26.4. The summed E-state index contributed by atoms with van der Waals surface area (Å²) < 4.78 is 27.9. The largest absolute Gasteiger partial charge is 0.383 e. The van der Waals surface area contributed by atoms with Crippen molar-refractivity contribution >= 4 is 55.7 Å². The van der Waals surface area contributed by atoms with Crippen LogP contribution in [0.1, 0.15) is 11.1 Å². The Balaban J connectivity index is 1.41. The van der Waals surface area contributed by atoms with Crippen molar-refractivity contribution in [3.8, 4) is 0 Å². The molecular formula is C27H26Cl2N4O3S. The summed E-state index contributed by atoms with van der Waals surface area (Å²) in [5.41, 5.74) is 3.47. The highest BCUT2D eigenvalue weighted by Crippen LogP contribution is 2.24. The number of pyridine rings is 1. The normalized spacial score (nSPS) is 11.6. The van der Waals surface area contributed by atoms with E-state index in [9.17, 15) is 13.2 Å². The van der Waals surface area contributed by atoms with Gasteiger partial charge < -0.3 is 10.6 Å². The van der Waals surface area contributed by atoms with Crippen molar-refractivity contribution < 1.29 is 13.2 Å². The molecule has 0 radical (unpaired) electrons. The lowest BCUT2D eigenvalue weighted by molar-refractivity contribution is -0.121. The summed E-state index contributed by atoms with van der Waals surface area (Å²) in [6, 6.07) is 20.7. The number of benzene rings is 3. The van der Waals surface area contributed by atoms with Crippen molar-refractivity contribution in [1.29, 1.82) is 0 Å². The average molecular weight is 558 g/mol. The van der Waals surface area contributed by atoms with Gasteiger partial charge in [-0.2, -0.15) is 4.31 Å². The highest BCUT2D eigenvalue weighted by Gasteiger charge is 2.27. The first-order chi connectivity index (χ1) is 17.7. The molecule has 3 aromatic carbocycles. The van der Waals surface area contributed by atoms with Gasteiger partial charge in [-0.3, -0.25) is 9.78 Å². The van der Waals surface area contributed by atoms with Crippen molar-refractivity contribution in [2.24, 2.45) is 0 Å². The molecule has 1 aromatic heterocycles. The van der Waals surface area contributed by atoms with E-state index in [4.69, 9.17) is 23.2 Å². The van der Waals surface area contributed by atoms with Crippen LogP contribution in [0.25, 0.3) is 10.9 Å². The van der Waals surface area contributed by atoms with E-state index in [0.29, 0.717) is 23.1 Å². The van der Waals surface area contributed by atoms with Crippen LogP contribution in [-0.2, 0) is 21.4 Å². The molecule has 10 heteroatoms. The first-order valence-corrected chi connectivity index (χ1v) is 13.8. The first-order valence-electron chi connectivity index (χ1n) is 11.6. The van der Waals surface area contributed by atoms with E-state index in [2.05, 4.69) is 15.6 Å². The van der Waals surface area contributed by atoms with Crippen molar-refractivity contribution in [3.63, 3.8) is 0 Å². The number of nitrogens with one attached hydrogen (secondary N) is 2. The van der Waals surface area contributed by atoms with Crippen LogP contribution in [0.4, 0.5) is 5.69 Å². The van der Waals surface area contributed by atoms with Gasteiger partial charge in [-0.25, -0.2) is 8.42 Å². The van der Waals surface area contributed by atoms with Crippen LogP contribution in [0.3, 0.4) is 0 Å². The number of aryl methyl sites for hydroxylation is 1. The third-order valence-corrected chi connectivity index (χ3v) is 8.01. The summed E-state index contributed by atoms with van der Waals surface area (Å²) in [5.74, 6) is -0.405. The molecule has 0 bridgehead atoms. The van der Waals surface area contributed by atoms with E-state index < -0.39 is 15.9 Å². The second-order valence-corrected chi connectivity index (χ2v) is 11.3. The Kier molecular flexibility index (Phi) is 8.66. The van der Waals surface area contributed by atoms with Gasteiger partial charge in [0.05, 0.1) is 17.0 Å². The van der Waals surface area contributed by atoms with E-state index in [1.54, 1.807) is 18.3 Å². The number of rotatable bonds is 10. The lowest BCUT2D eigenvalue weighted by Crippen LogP contribution is -2.41. The topological polar surface area (TPSA) is 91.4 Å². The lowest BCUT2D eigenvalue weighted by Gasteiger charge is -2.22. The molecule has 0 aliphatic heterocycles. The predicted octanol–water partition coefficient (Wildman–Crippen LogP) is 5.27. The van der Waals surface area contributed by atoms with E-state index in [1.807, 2.05) is 43.3 Å². The number of carbonyl (C=O) groups is 1. The lowest BCUT2D eigenvalue weighted by atomic mass is 10.1. The SMILES string of the molecule is Cc1ccc(CN(CC(=O)NCCNc2ccnc3cc(Cl)ccc23)S(=O)(=O)c2ccc(Cl)cc2)cc1. The quantitative estimate of drug-likeness (QED) is 0.259. The van der Waals surface area contributed by atoms with Gasteiger partial charge in [0, 0.05) is 46.9 Å². The molecule has 0 aliphatic carbocycles. The van der Waals surface area contributed by atoms with Gasteiger partial charge in [0.25, 0.3) is 0 Å². The van der Waals surface area contributed by atoms with Crippen molar-refractivity contribution in [2.45, 2.75) is 18.4 Å². The molecular weight excluding hydrogens is 531 g/mol. The molecule has 37 heavy (non-hydrogen) atoms. The molecule has 192 valence electrons. The van der Waals surface area contributed by atoms with Gasteiger partial charge in [-0.1, -0.05) is 53.0 Å². The van der Waals surface area contributed by atoms with Crippen LogP contribution >= 0.6 is 23.2 Å². The minimum atomic E-state index is -3.94. The fraction of sp³-hybridized carbons (Fsp3) is 0.185. The highest BCUT2D eigenvalue weighted by molar-refractivity contribution is 7.89. The zero-order valence-corrected chi connectivity index (χ0v) is 22.4. The molecule has 7 nitrogen and oxygen atoms in total. The molecule has 0 atom stereocenters. The summed E-state index contributed by atoms with van der Waals surface area (Å²) >= 11 is 12.0. The first kappa shape index (κ1) is 26.9. The Bertz CT molecular complexity index is 1490. The van der Waals surface area contributed by atoms with Gasteiger partial charge in [0.1, 0.15) is 0 Å². The van der Waals surface area contributed by atoms with Crippen LogP contribution in [0, 0.1) is 6.92 Å². The monoisotopic (exact) mass is 556 g/mol. The number of sulfonamides is 1. The molecule has 2 N–H and O–H groups in total. The fourth-order valence-corrected chi connectivity index (χ4v) is 5.45. The maximum atomic E-state index is 13.4. The molecule has 4 aromatic rings. The number of anilines is 1. The number of aromatic nitrogens is 1. The summed E-state index contributed by atoms with van der Waals surface area (Å²) in [4.78, 5) is 17.2. The zero-order valence-electron chi connectivity index (χ0n) is 20.1. The predicted molar refractivity (Wildman–Crippen MR) is 148 cm³/mol. The third-order valence-electron chi connectivity index (χ3n) is 5.72. The number of fused-ring (bicyclic) bond motifs is 1. The Morgan fingerprint density at radius 2 is 1.62 bits per heavy atom. The minimum absolute atomic E-state index is 0.0580. The van der Waals surface area contributed by atoms with Gasteiger partial charge in [0.15, 0.2) is 0 Å². The molecule has 0 unspecified atom stereocenters. The van der Waals surface area contributed by atoms with Gasteiger partial charge in [0.2, 0.25) is 15.9 Å². The minimum Gasteiger partial charge on any atom is -0.383 e. The second-order valence-electron chi connectivity index (χ2n) is 8.51. The van der Waals surface area contributed by atoms with E-state index in [1.165, 1.54) is 28.6 Å². The summed E-state index contributed by atoms with van der Waals surface area (Å²) in [6.45, 7) is 2.43. The Morgan fingerprint density at radius 1 is 0.919 bits per heavy atom. The molecule has 0 saturated carbocycles. The summed E-state index contributed by atoms with van der Waals surface area (Å²) in [6.07, 6.45) is 1.68. The maximum absolute atomic E-state index is 13.4. The number of nitrogens with zero attached hydrogens (tertiary/aromatic N) is 2. The third kappa shape index (κ3) is 6.99. The Labute approximate surface area is 226 Å². The smallest absolute Gasteiger partial charge is 0.243 e. The molecule has 1 amide bonds. The molecule has 0 aliphatic rings. The number of carbonyl (C=O) groups excluding carboxylic acids is 1. The van der Waals surface area contributed by atoms with Crippen LogP contribution < -0.4 is 10.6 Å². The Hall–Kier alpha value is -3.17. The second kappa shape index (κ2) is 11.9. The van der Waals surface area contributed by atoms with Crippen LogP contribution in [0.2, 0.25) is 10.0 Å². The summed E-state index contributed by atoms with van der Waals surface area (Å²) in [7, 11) is -3.94. The van der Waals surface area contributed by atoms with Gasteiger partial charge >= 0.3 is 0 Å². The molecule has 0 spiro atoms. The van der Waals surface area contributed by atoms with E-state index in [-0.39, 0.29) is 18.0 Å². The van der Waals surface area contributed by atoms with Crippen molar-refractivity contribution in [1.82, 2.24) is 14.6 Å². The molecule has 4 rings (SSSR count). The Morgan fingerprint density at radius 3 is 2.35 bits per heavy atom. The number of halogens is 2. The van der Waals surface area contributed by atoms with Gasteiger partial charge in [-0.05, 0) is 61.0 Å². The average Bonchev–Trinajstić information content (AvgIpc) is 2.87. The number of hydrogen-bond donors (Lipinski definition) is 2. The van der Waals surface area contributed by atoms with E-state index in [0.717, 1.165) is 27.7 Å². The fourth-order valence-electron chi connectivity index (χ4n) is 3.77. The number of amides is 1. The van der Waals surface area contributed by atoms with Crippen molar-refractivity contribution in [2.75, 3.05) is 25.0 Å². The van der Waals surface area contributed by atoms with Crippen molar-refractivity contribution in [3.05, 3.63) is 100 Å². The number of hydrogen-bond acceptors (Lipinski definition) is 5. The standard InChI is InChI=1S/C27H26Cl2N4O3S/c1-19-2-4-20(5-3-19)17-33(37(35,36)23-9-6-21(28)7-10-23)18-27(34)32-15-14-31-25-12-13-30-26-16-22(29)8-11-24(25)26/h2-13,16H,14-15,17-18H2,1H3,(H,30,31)(H,32,34). The van der Waals surface area contributed by atoms with Crippen LogP contribution in [0.5, 0.6) is 0 Å². The van der Waals surface area contributed by atoms with Gasteiger partial charge in [-0.15, -0.1) is 0 Å². The van der Waals surface area contributed by atoms with Crippen LogP contribution in [-0.4, -0.2) is 43.2 Å². The molecule has 0 saturated heterocycles. The molecule has 0 fully saturated rings. The van der Waals surface area contributed by atoms with E-state index >= 15 is 0 Å².